The molecule has 116 valence electrons. The molecular formula is C19H15N5. The lowest BCUT2D eigenvalue weighted by atomic mass is 10.2. The fraction of sp³-hybridized carbons (Fsp3) is 0. The first kappa shape index (κ1) is 14.1. The van der Waals surface area contributed by atoms with Gasteiger partial charge in [0.2, 0.25) is 0 Å². The van der Waals surface area contributed by atoms with Crippen LogP contribution in [0.3, 0.4) is 0 Å². The Kier molecular flexibility index (Phi) is 3.51. The third kappa shape index (κ3) is 2.63. The highest BCUT2D eigenvalue weighted by molar-refractivity contribution is 6.03. The summed E-state index contributed by atoms with van der Waals surface area (Å²) in [6, 6.07) is 19.5. The van der Waals surface area contributed by atoms with Crippen molar-refractivity contribution in [2.24, 2.45) is 10.7 Å². The SMILES string of the molecule is NC(=Nc1cccc2cccnc12)Nc1cccc2cccnc12. The van der Waals surface area contributed by atoms with Crippen LogP contribution in [0.1, 0.15) is 0 Å². The topological polar surface area (TPSA) is 76.2 Å². The van der Waals surface area contributed by atoms with Crippen molar-refractivity contribution in [3.05, 3.63) is 73.1 Å². The van der Waals surface area contributed by atoms with Crippen molar-refractivity contribution in [3.8, 4) is 0 Å². The lowest BCUT2D eigenvalue weighted by Gasteiger charge is -2.08. The van der Waals surface area contributed by atoms with Crippen LogP contribution in [0, 0.1) is 0 Å². The van der Waals surface area contributed by atoms with E-state index in [0.29, 0.717) is 5.96 Å². The van der Waals surface area contributed by atoms with Gasteiger partial charge in [-0.2, -0.15) is 0 Å². The molecule has 0 saturated heterocycles. The third-order valence-electron chi connectivity index (χ3n) is 3.75. The first-order valence-corrected chi connectivity index (χ1v) is 7.60. The summed E-state index contributed by atoms with van der Waals surface area (Å²) < 4.78 is 0. The molecule has 0 spiro atoms. The minimum Gasteiger partial charge on any atom is -0.369 e. The van der Waals surface area contributed by atoms with Gasteiger partial charge in [-0.05, 0) is 24.3 Å². The van der Waals surface area contributed by atoms with Crippen LogP contribution in [0.25, 0.3) is 21.8 Å². The molecule has 0 aliphatic rings. The predicted octanol–water partition coefficient (Wildman–Crippen LogP) is 3.84. The van der Waals surface area contributed by atoms with Crippen LogP contribution < -0.4 is 11.1 Å². The van der Waals surface area contributed by atoms with E-state index in [-0.39, 0.29) is 0 Å². The van der Waals surface area contributed by atoms with E-state index in [2.05, 4.69) is 20.3 Å². The van der Waals surface area contributed by atoms with Crippen LogP contribution >= 0.6 is 0 Å². The van der Waals surface area contributed by atoms with Gasteiger partial charge in [0.1, 0.15) is 0 Å². The van der Waals surface area contributed by atoms with E-state index in [1.807, 2.05) is 60.7 Å². The normalized spacial score (nSPS) is 11.8. The van der Waals surface area contributed by atoms with Gasteiger partial charge in [0, 0.05) is 23.2 Å². The molecule has 0 saturated carbocycles. The Morgan fingerprint density at radius 3 is 2.21 bits per heavy atom. The van der Waals surface area contributed by atoms with Crippen LogP contribution in [-0.4, -0.2) is 15.9 Å². The van der Waals surface area contributed by atoms with Crippen molar-refractivity contribution < 1.29 is 0 Å². The molecule has 2 aromatic heterocycles. The van der Waals surface area contributed by atoms with Gasteiger partial charge in [-0.25, -0.2) is 4.99 Å². The van der Waals surface area contributed by atoms with Crippen molar-refractivity contribution in [1.29, 1.82) is 0 Å². The highest BCUT2D eigenvalue weighted by atomic mass is 15.1. The molecule has 0 aliphatic heterocycles. The van der Waals surface area contributed by atoms with Gasteiger partial charge in [0.15, 0.2) is 5.96 Å². The van der Waals surface area contributed by atoms with E-state index in [4.69, 9.17) is 5.73 Å². The lowest BCUT2D eigenvalue weighted by molar-refractivity contribution is 1.37. The van der Waals surface area contributed by atoms with Gasteiger partial charge in [-0.15, -0.1) is 0 Å². The van der Waals surface area contributed by atoms with Gasteiger partial charge in [-0.3, -0.25) is 9.97 Å². The summed E-state index contributed by atoms with van der Waals surface area (Å²) in [5.74, 6) is 0.298. The number of nitrogens with zero attached hydrogens (tertiary/aromatic N) is 3. The minimum atomic E-state index is 0.298. The largest absolute Gasteiger partial charge is 0.369 e. The molecule has 5 nitrogen and oxygen atoms in total. The number of rotatable bonds is 2. The molecular weight excluding hydrogens is 298 g/mol. The van der Waals surface area contributed by atoms with Crippen LogP contribution in [0.4, 0.5) is 11.4 Å². The summed E-state index contributed by atoms with van der Waals surface area (Å²) in [4.78, 5) is 13.3. The van der Waals surface area contributed by atoms with E-state index < -0.39 is 0 Å². The molecule has 0 amide bonds. The van der Waals surface area contributed by atoms with Crippen molar-refractivity contribution in [3.63, 3.8) is 0 Å². The average Bonchev–Trinajstić information content (AvgIpc) is 2.62. The molecule has 2 aromatic carbocycles. The standard InChI is InChI=1S/C19H15N5/c20-19(23-15-9-1-5-13-7-3-11-21-17(13)15)24-16-10-2-6-14-8-4-12-22-18(14)16/h1-12H,(H3,20,23,24). The molecule has 0 radical (unpaired) electrons. The Hall–Kier alpha value is -3.47. The molecule has 0 fully saturated rings. The zero-order chi connectivity index (χ0) is 16.4. The molecule has 2 heterocycles. The zero-order valence-corrected chi connectivity index (χ0v) is 12.8. The van der Waals surface area contributed by atoms with Gasteiger partial charge >= 0.3 is 0 Å². The second kappa shape index (κ2) is 5.96. The number of aromatic nitrogens is 2. The number of hydrogen-bond donors (Lipinski definition) is 2. The molecule has 4 aromatic rings. The maximum absolute atomic E-state index is 6.10. The predicted molar refractivity (Wildman–Crippen MR) is 98.4 cm³/mol. The quantitative estimate of drug-likeness (QED) is 0.435. The number of pyridine rings is 2. The summed E-state index contributed by atoms with van der Waals surface area (Å²) in [5.41, 5.74) is 9.33. The number of aliphatic imine (C=N–C) groups is 1. The number of fused-ring (bicyclic) bond motifs is 2. The Morgan fingerprint density at radius 1 is 0.792 bits per heavy atom. The summed E-state index contributed by atoms with van der Waals surface area (Å²) >= 11 is 0. The maximum Gasteiger partial charge on any atom is 0.198 e. The Balaban J connectivity index is 1.72. The maximum atomic E-state index is 6.10. The zero-order valence-electron chi connectivity index (χ0n) is 12.8. The number of para-hydroxylation sites is 2. The fourth-order valence-electron chi connectivity index (χ4n) is 2.68. The van der Waals surface area contributed by atoms with E-state index in [1.54, 1.807) is 12.4 Å². The fourth-order valence-corrected chi connectivity index (χ4v) is 2.68. The molecule has 24 heavy (non-hydrogen) atoms. The second-order valence-corrected chi connectivity index (χ2v) is 5.35. The van der Waals surface area contributed by atoms with E-state index >= 15 is 0 Å². The Morgan fingerprint density at radius 2 is 1.42 bits per heavy atom. The first-order chi connectivity index (χ1) is 11.8. The van der Waals surface area contributed by atoms with Crippen molar-refractivity contribution in [2.75, 3.05) is 5.32 Å². The van der Waals surface area contributed by atoms with Gasteiger partial charge in [0.25, 0.3) is 0 Å². The molecule has 0 unspecified atom stereocenters. The highest BCUT2D eigenvalue weighted by Gasteiger charge is 2.05. The number of benzene rings is 2. The third-order valence-corrected chi connectivity index (χ3v) is 3.75. The van der Waals surface area contributed by atoms with Crippen molar-refractivity contribution in [1.82, 2.24) is 9.97 Å². The van der Waals surface area contributed by atoms with Crippen molar-refractivity contribution >= 4 is 39.1 Å². The first-order valence-electron chi connectivity index (χ1n) is 7.60. The molecule has 0 atom stereocenters. The molecule has 0 bridgehead atoms. The Bertz CT molecular complexity index is 1040. The molecule has 4 rings (SSSR count). The lowest BCUT2D eigenvalue weighted by Crippen LogP contribution is -2.22. The molecule has 5 heteroatoms. The van der Waals surface area contributed by atoms with Crippen molar-refractivity contribution in [2.45, 2.75) is 0 Å². The number of nitrogens with one attached hydrogen (secondary N) is 1. The van der Waals surface area contributed by atoms with Crippen LogP contribution in [0.5, 0.6) is 0 Å². The summed E-state index contributed by atoms with van der Waals surface area (Å²) in [6.45, 7) is 0. The van der Waals surface area contributed by atoms with Crippen LogP contribution in [0.15, 0.2) is 78.0 Å². The monoisotopic (exact) mass is 313 g/mol. The van der Waals surface area contributed by atoms with Crippen LogP contribution in [-0.2, 0) is 0 Å². The van der Waals surface area contributed by atoms with Crippen LogP contribution in [0.2, 0.25) is 0 Å². The molecule has 0 aliphatic carbocycles. The van der Waals surface area contributed by atoms with Gasteiger partial charge in [-0.1, -0.05) is 36.4 Å². The molecule has 3 N–H and O–H groups in total. The smallest absolute Gasteiger partial charge is 0.198 e. The Labute approximate surface area is 138 Å². The second-order valence-electron chi connectivity index (χ2n) is 5.35. The number of guanidine groups is 1. The highest BCUT2D eigenvalue weighted by Crippen LogP contribution is 2.24. The summed E-state index contributed by atoms with van der Waals surface area (Å²) in [6.07, 6.45) is 3.51. The van der Waals surface area contributed by atoms with E-state index in [9.17, 15) is 0 Å². The van der Waals surface area contributed by atoms with E-state index in [0.717, 1.165) is 33.2 Å². The number of nitrogens with two attached hydrogens (primary N) is 1. The summed E-state index contributed by atoms with van der Waals surface area (Å²) in [7, 11) is 0. The average molecular weight is 313 g/mol. The van der Waals surface area contributed by atoms with Gasteiger partial charge in [0.05, 0.1) is 22.4 Å². The van der Waals surface area contributed by atoms with Gasteiger partial charge < -0.3 is 11.1 Å². The number of hydrogen-bond acceptors (Lipinski definition) is 3. The summed E-state index contributed by atoms with van der Waals surface area (Å²) in [5, 5.41) is 5.21. The van der Waals surface area contributed by atoms with E-state index in [1.165, 1.54) is 0 Å². The minimum absolute atomic E-state index is 0.298. The number of anilines is 1.